The summed E-state index contributed by atoms with van der Waals surface area (Å²) in [5, 5.41) is 9.59. The smallest absolute Gasteiger partial charge is 0.367 e. The number of fused-ring (bicyclic) bond motifs is 1. The van der Waals surface area contributed by atoms with Crippen molar-refractivity contribution in [1.82, 2.24) is 24.3 Å². The van der Waals surface area contributed by atoms with E-state index in [0.29, 0.717) is 22.3 Å². The highest BCUT2D eigenvalue weighted by atomic mass is 35.5. The van der Waals surface area contributed by atoms with Gasteiger partial charge in [0.2, 0.25) is 0 Å². The zero-order chi connectivity index (χ0) is 26.3. The zero-order valence-electron chi connectivity index (χ0n) is 20.4. The SMILES string of the molecule is CC(C)N1CCN(c2cnn3c(=O)n(Cc4ccc(C(F)(F)F)cc4)nc3c2-c2ccc(Cl)cc2)CC1. The number of benzene rings is 2. The second-order valence-corrected chi connectivity index (χ2v) is 9.84. The quantitative estimate of drug-likeness (QED) is 0.371. The van der Waals surface area contributed by atoms with Crippen LogP contribution in [0.25, 0.3) is 16.8 Å². The molecule has 0 bridgehead atoms. The number of nitrogens with zero attached hydrogens (tertiary/aromatic N) is 6. The predicted octanol–water partition coefficient (Wildman–Crippen LogP) is 4.81. The summed E-state index contributed by atoms with van der Waals surface area (Å²) in [6, 6.07) is 12.5. The fraction of sp³-hybridized carbons (Fsp3) is 0.346. The Hall–Kier alpha value is -3.37. The average molecular weight is 531 g/mol. The van der Waals surface area contributed by atoms with Gasteiger partial charge in [-0.2, -0.15) is 22.8 Å². The van der Waals surface area contributed by atoms with Gasteiger partial charge in [-0.15, -0.1) is 5.10 Å². The fourth-order valence-electron chi connectivity index (χ4n) is 4.64. The Morgan fingerprint density at radius 2 is 1.62 bits per heavy atom. The summed E-state index contributed by atoms with van der Waals surface area (Å²) in [5.41, 5.74) is 2.15. The molecule has 1 fully saturated rings. The van der Waals surface area contributed by atoms with E-state index in [2.05, 4.69) is 33.8 Å². The van der Waals surface area contributed by atoms with Crippen molar-refractivity contribution < 1.29 is 13.2 Å². The van der Waals surface area contributed by atoms with Crippen molar-refractivity contribution in [2.75, 3.05) is 31.1 Å². The number of rotatable bonds is 5. The van der Waals surface area contributed by atoms with E-state index in [0.717, 1.165) is 55.1 Å². The van der Waals surface area contributed by atoms with E-state index in [-0.39, 0.29) is 6.54 Å². The predicted molar refractivity (Wildman–Crippen MR) is 137 cm³/mol. The van der Waals surface area contributed by atoms with Crippen molar-refractivity contribution in [1.29, 1.82) is 0 Å². The molecule has 1 aliphatic heterocycles. The number of hydrogen-bond acceptors (Lipinski definition) is 5. The van der Waals surface area contributed by atoms with Crippen LogP contribution in [0.4, 0.5) is 18.9 Å². The first-order valence-corrected chi connectivity index (χ1v) is 12.4. The summed E-state index contributed by atoms with van der Waals surface area (Å²) in [6.45, 7) is 7.77. The lowest BCUT2D eigenvalue weighted by Crippen LogP contribution is -2.49. The molecule has 1 saturated heterocycles. The maximum atomic E-state index is 13.2. The molecule has 3 heterocycles. The minimum atomic E-state index is -4.42. The molecule has 0 spiro atoms. The molecule has 0 amide bonds. The van der Waals surface area contributed by atoms with Crippen LogP contribution in [0.1, 0.15) is 25.0 Å². The van der Waals surface area contributed by atoms with Crippen molar-refractivity contribution in [3.8, 4) is 11.1 Å². The summed E-state index contributed by atoms with van der Waals surface area (Å²) >= 11 is 6.14. The lowest BCUT2D eigenvalue weighted by atomic mass is 10.0. The highest BCUT2D eigenvalue weighted by Gasteiger charge is 2.30. The highest BCUT2D eigenvalue weighted by molar-refractivity contribution is 6.30. The van der Waals surface area contributed by atoms with Crippen molar-refractivity contribution in [2.24, 2.45) is 0 Å². The van der Waals surface area contributed by atoms with Crippen LogP contribution in [0.3, 0.4) is 0 Å². The molecule has 1 aliphatic rings. The van der Waals surface area contributed by atoms with Crippen LogP contribution in [0, 0.1) is 0 Å². The third-order valence-electron chi connectivity index (χ3n) is 6.73. The van der Waals surface area contributed by atoms with Crippen molar-refractivity contribution in [3.63, 3.8) is 0 Å². The van der Waals surface area contributed by atoms with Crippen LogP contribution in [0.2, 0.25) is 5.02 Å². The minimum Gasteiger partial charge on any atom is -0.367 e. The van der Waals surface area contributed by atoms with Gasteiger partial charge in [0.05, 0.1) is 29.6 Å². The van der Waals surface area contributed by atoms with E-state index in [1.807, 2.05) is 12.1 Å². The van der Waals surface area contributed by atoms with E-state index < -0.39 is 17.4 Å². The molecule has 0 radical (unpaired) electrons. The summed E-state index contributed by atoms with van der Waals surface area (Å²) in [5.74, 6) is 0. The molecule has 0 saturated carbocycles. The molecule has 2 aromatic heterocycles. The van der Waals surface area contributed by atoms with E-state index in [1.54, 1.807) is 18.3 Å². The Morgan fingerprint density at radius 1 is 0.973 bits per heavy atom. The van der Waals surface area contributed by atoms with E-state index >= 15 is 0 Å². The van der Waals surface area contributed by atoms with E-state index in [4.69, 9.17) is 11.6 Å². The van der Waals surface area contributed by atoms with Crippen LogP contribution in [0.5, 0.6) is 0 Å². The van der Waals surface area contributed by atoms with E-state index in [9.17, 15) is 18.0 Å². The molecule has 0 unspecified atom stereocenters. The Labute approximate surface area is 216 Å². The Bertz CT molecular complexity index is 1450. The van der Waals surface area contributed by atoms with Gasteiger partial charge in [-0.05, 0) is 49.2 Å². The van der Waals surface area contributed by atoms with Crippen LogP contribution in [-0.4, -0.2) is 56.5 Å². The van der Waals surface area contributed by atoms with Gasteiger partial charge < -0.3 is 4.90 Å². The maximum absolute atomic E-state index is 13.2. The Morgan fingerprint density at radius 3 is 2.22 bits per heavy atom. The van der Waals surface area contributed by atoms with Gasteiger partial charge in [0.15, 0.2) is 5.65 Å². The van der Waals surface area contributed by atoms with Gasteiger partial charge in [0.25, 0.3) is 0 Å². The van der Waals surface area contributed by atoms with E-state index in [1.165, 1.54) is 21.3 Å². The molecule has 194 valence electrons. The van der Waals surface area contributed by atoms with Crippen molar-refractivity contribution in [2.45, 2.75) is 32.6 Å². The number of aromatic nitrogens is 4. The van der Waals surface area contributed by atoms with Crippen LogP contribution >= 0.6 is 11.6 Å². The molecular formula is C26H26ClF3N6O. The minimum absolute atomic E-state index is 0.0167. The molecule has 11 heteroatoms. The zero-order valence-corrected chi connectivity index (χ0v) is 21.2. The first-order chi connectivity index (χ1) is 17.6. The van der Waals surface area contributed by atoms with Crippen LogP contribution in [-0.2, 0) is 12.7 Å². The Kier molecular flexibility index (Phi) is 6.72. The lowest BCUT2D eigenvalue weighted by Gasteiger charge is -2.38. The third kappa shape index (κ3) is 5.08. The monoisotopic (exact) mass is 530 g/mol. The lowest BCUT2D eigenvalue weighted by molar-refractivity contribution is -0.137. The normalized spacial score (nSPS) is 15.2. The molecule has 4 aromatic rings. The number of piperazine rings is 1. The van der Waals surface area contributed by atoms with Gasteiger partial charge in [-0.1, -0.05) is 35.9 Å². The van der Waals surface area contributed by atoms with Crippen molar-refractivity contribution >= 4 is 22.9 Å². The van der Waals surface area contributed by atoms with Crippen molar-refractivity contribution in [3.05, 3.63) is 81.4 Å². The molecule has 5 rings (SSSR count). The van der Waals surface area contributed by atoms with Gasteiger partial charge >= 0.3 is 11.9 Å². The standard InChI is InChI=1S/C26H26ClF3N6O/c1-17(2)33-11-13-34(14-12-33)22-15-31-36-24(23(22)19-5-9-21(27)10-6-19)32-35(25(36)37)16-18-3-7-20(8-4-18)26(28,29)30/h3-10,15,17H,11-14,16H2,1-2H3. The largest absolute Gasteiger partial charge is 0.416 e. The first kappa shape index (κ1) is 25.3. The van der Waals surface area contributed by atoms with Gasteiger partial charge in [0.1, 0.15) is 0 Å². The average Bonchev–Trinajstić information content (AvgIpc) is 3.19. The fourth-order valence-corrected chi connectivity index (χ4v) is 4.76. The number of alkyl halides is 3. The first-order valence-electron chi connectivity index (χ1n) is 12.0. The maximum Gasteiger partial charge on any atom is 0.416 e. The van der Waals surface area contributed by atoms with Crippen LogP contribution < -0.4 is 10.6 Å². The van der Waals surface area contributed by atoms with Gasteiger partial charge in [0, 0.05) is 37.2 Å². The third-order valence-corrected chi connectivity index (χ3v) is 6.98. The number of anilines is 1. The topological polar surface area (TPSA) is 58.7 Å². The van der Waals surface area contributed by atoms with Crippen LogP contribution in [0.15, 0.2) is 59.5 Å². The molecular weight excluding hydrogens is 505 g/mol. The molecule has 37 heavy (non-hydrogen) atoms. The summed E-state index contributed by atoms with van der Waals surface area (Å²) < 4.78 is 41.3. The summed E-state index contributed by atoms with van der Waals surface area (Å²) in [4.78, 5) is 17.8. The highest BCUT2D eigenvalue weighted by Crippen LogP contribution is 2.34. The van der Waals surface area contributed by atoms with Gasteiger partial charge in [-0.25, -0.2) is 9.48 Å². The van der Waals surface area contributed by atoms with Gasteiger partial charge in [-0.3, -0.25) is 4.90 Å². The molecule has 0 atom stereocenters. The second-order valence-electron chi connectivity index (χ2n) is 9.40. The number of hydrogen-bond donors (Lipinski definition) is 0. The molecule has 2 aromatic carbocycles. The Balaban J connectivity index is 1.56. The second kappa shape index (κ2) is 9.83. The summed E-state index contributed by atoms with van der Waals surface area (Å²) in [6.07, 6.45) is -2.74. The number of halogens is 4. The summed E-state index contributed by atoms with van der Waals surface area (Å²) in [7, 11) is 0. The molecule has 7 nitrogen and oxygen atoms in total. The molecule has 0 aliphatic carbocycles. The molecule has 0 N–H and O–H groups in total.